The molecule has 4 heteroatoms. The number of piperazine rings is 1. The molecule has 4 aliphatic rings. The Bertz CT molecular complexity index is 1500. The first-order chi connectivity index (χ1) is 19.6. The van der Waals surface area contributed by atoms with Crippen molar-refractivity contribution in [3.8, 4) is 0 Å². The van der Waals surface area contributed by atoms with Gasteiger partial charge in [-0.15, -0.1) is 0 Å². The van der Waals surface area contributed by atoms with E-state index in [0.29, 0.717) is 0 Å². The highest BCUT2D eigenvalue weighted by atomic mass is 15.3. The molecule has 0 unspecified atom stereocenters. The van der Waals surface area contributed by atoms with Gasteiger partial charge in [0.2, 0.25) is 5.69 Å². The third-order valence-electron chi connectivity index (χ3n) is 10.2. The highest BCUT2D eigenvalue weighted by Gasteiger charge is 2.43. The van der Waals surface area contributed by atoms with Crippen molar-refractivity contribution in [1.29, 1.82) is 0 Å². The molecule has 1 saturated heterocycles. The quantitative estimate of drug-likeness (QED) is 0.368. The van der Waals surface area contributed by atoms with Gasteiger partial charge in [0, 0.05) is 73.4 Å². The third-order valence-corrected chi connectivity index (χ3v) is 10.2. The highest BCUT2D eigenvalue weighted by Crippen LogP contribution is 2.47. The van der Waals surface area contributed by atoms with Crippen LogP contribution in [0.4, 0.5) is 11.4 Å². The standard InChI is InChI=1S/C37H47N4/c1-8-40-23-25-41(26-24-40)35-27(19-21-33-36(2,3)29-13-9-11-15-31(29)38(33)6)17-18-28(35)20-22-34-37(4,5)30-14-10-12-16-32(30)39(34)7/h9-16,19-22H,8,17-18,23-26H2,1-7H3/q+1. The van der Waals surface area contributed by atoms with Crippen LogP contribution in [0.15, 0.2) is 95.4 Å². The normalized spacial score (nSPS) is 24.0. The van der Waals surface area contributed by atoms with Crippen molar-refractivity contribution < 1.29 is 4.58 Å². The zero-order chi connectivity index (χ0) is 28.9. The maximum atomic E-state index is 2.67. The van der Waals surface area contributed by atoms with Crippen LogP contribution in [-0.2, 0) is 10.8 Å². The number of para-hydroxylation sites is 2. The molecule has 0 bridgehead atoms. The number of hydrogen-bond donors (Lipinski definition) is 0. The van der Waals surface area contributed by atoms with Crippen LogP contribution in [-0.4, -0.2) is 66.9 Å². The van der Waals surface area contributed by atoms with Gasteiger partial charge < -0.3 is 14.7 Å². The molecule has 0 N–H and O–H groups in total. The molecular weight excluding hydrogens is 500 g/mol. The molecule has 3 heterocycles. The Kier molecular flexibility index (Phi) is 7.10. The van der Waals surface area contributed by atoms with Crippen LogP contribution >= 0.6 is 0 Å². The molecule has 6 rings (SSSR count). The van der Waals surface area contributed by atoms with Crippen molar-refractivity contribution in [2.24, 2.45) is 0 Å². The summed E-state index contributed by atoms with van der Waals surface area (Å²) in [5.74, 6) is 0. The van der Waals surface area contributed by atoms with E-state index in [4.69, 9.17) is 0 Å². The molecular formula is C37H47N4+. The van der Waals surface area contributed by atoms with Crippen LogP contribution in [0.25, 0.3) is 0 Å². The van der Waals surface area contributed by atoms with E-state index in [1.165, 1.54) is 50.8 Å². The van der Waals surface area contributed by atoms with Crippen LogP contribution in [0.5, 0.6) is 0 Å². The molecule has 3 aliphatic heterocycles. The smallest absolute Gasteiger partial charge is 0.209 e. The number of fused-ring (bicyclic) bond motifs is 2. The summed E-state index contributed by atoms with van der Waals surface area (Å²) >= 11 is 0. The summed E-state index contributed by atoms with van der Waals surface area (Å²) in [7, 11) is 4.44. The van der Waals surface area contributed by atoms with E-state index in [2.05, 4.69) is 141 Å². The molecule has 0 amide bonds. The number of hydrogen-bond acceptors (Lipinski definition) is 3. The molecule has 41 heavy (non-hydrogen) atoms. The van der Waals surface area contributed by atoms with Crippen LogP contribution in [0.1, 0.15) is 58.6 Å². The Morgan fingerprint density at radius 1 is 0.805 bits per heavy atom. The number of rotatable bonds is 5. The number of likely N-dealkylation sites (N-methyl/N-ethyl adjacent to an activating group) is 2. The topological polar surface area (TPSA) is 12.7 Å². The maximum absolute atomic E-state index is 2.67. The molecule has 0 spiro atoms. The molecule has 214 valence electrons. The molecule has 4 nitrogen and oxygen atoms in total. The van der Waals surface area contributed by atoms with Crippen molar-refractivity contribution in [3.63, 3.8) is 0 Å². The zero-order valence-corrected chi connectivity index (χ0v) is 26.2. The average Bonchev–Trinajstić information content (AvgIpc) is 3.53. The van der Waals surface area contributed by atoms with Crippen molar-refractivity contribution in [3.05, 3.63) is 107 Å². The summed E-state index contributed by atoms with van der Waals surface area (Å²) in [6, 6.07) is 17.7. The van der Waals surface area contributed by atoms with Gasteiger partial charge in [-0.25, -0.2) is 0 Å². The largest absolute Gasteiger partial charge is 0.369 e. The minimum atomic E-state index is -0.00927. The van der Waals surface area contributed by atoms with E-state index in [1.54, 1.807) is 0 Å². The summed E-state index contributed by atoms with van der Waals surface area (Å²) in [6.45, 7) is 17.3. The van der Waals surface area contributed by atoms with Gasteiger partial charge in [-0.1, -0.05) is 69.3 Å². The minimum Gasteiger partial charge on any atom is -0.369 e. The second kappa shape index (κ2) is 10.5. The molecule has 2 aromatic rings. The van der Waals surface area contributed by atoms with E-state index in [9.17, 15) is 0 Å². The van der Waals surface area contributed by atoms with Crippen molar-refractivity contribution in [1.82, 2.24) is 9.80 Å². The van der Waals surface area contributed by atoms with Crippen molar-refractivity contribution in [2.75, 3.05) is 51.7 Å². The number of allylic oxidation sites excluding steroid dienone is 7. The van der Waals surface area contributed by atoms with Gasteiger partial charge in [0.15, 0.2) is 5.71 Å². The van der Waals surface area contributed by atoms with Crippen LogP contribution in [0, 0.1) is 0 Å². The predicted octanol–water partition coefficient (Wildman–Crippen LogP) is 7.17. The summed E-state index contributed by atoms with van der Waals surface area (Å²) in [5.41, 5.74) is 12.6. The molecule has 0 atom stereocenters. The summed E-state index contributed by atoms with van der Waals surface area (Å²) in [5, 5.41) is 0. The lowest BCUT2D eigenvalue weighted by Crippen LogP contribution is -2.45. The first-order valence-electron chi connectivity index (χ1n) is 15.5. The maximum Gasteiger partial charge on any atom is 0.209 e. The van der Waals surface area contributed by atoms with Gasteiger partial charge in [0.05, 0.1) is 5.41 Å². The second-order valence-electron chi connectivity index (χ2n) is 13.2. The fourth-order valence-electron chi connectivity index (χ4n) is 7.69. The summed E-state index contributed by atoms with van der Waals surface area (Å²) in [4.78, 5) is 7.63. The lowest BCUT2D eigenvalue weighted by Gasteiger charge is -2.37. The average molecular weight is 548 g/mol. The molecule has 1 aliphatic carbocycles. The fraction of sp³-hybridized carbons (Fsp3) is 0.432. The molecule has 1 fully saturated rings. The Labute approximate surface area is 247 Å². The number of anilines is 1. The van der Waals surface area contributed by atoms with Gasteiger partial charge in [-0.3, -0.25) is 0 Å². The first kappa shape index (κ1) is 27.8. The lowest BCUT2D eigenvalue weighted by molar-refractivity contribution is -0.401. The Balaban J connectivity index is 1.37. The Morgan fingerprint density at radius 2 is 1.49 bits per heavy atom. The van der Waals surface area contributed by atoms with Gasteiger partial charge in [-0.2, -0.15) is 4.58 Å². The van der Waals surface area contributed by atoms with Crippen LogP contribution < -0.4 is 4.90 Å². The predicted molar refractivity (Wildman–Crippen MR) is 173 cm³/mol. The minimum absolute atomic E-state index is 0.00927. The van der Waals surface area contributed by atoms with E-state index >= 15 is 0 Å². The highest BCUT2D eigenvalue weighted by molar-refractivity contribution is 6.03. The number of nitrogens with zero attached hydrogens (tertiary/aromatic N) is 4. The van der Waals surface area contributed by atoms with E-state index in [1.807, 2.05) is 0 Å². The number of benzene rings is 2. The van der Waals surface area contributed by atoms with Crippen LogP contribution in [0.2, 0.25) is 0 Å². The van der Waals surface area contributed by atoms with Crippen LogP contribution in [0.3, 0.4) is 0 Å². The molecule has 0 radical (unpaired) electrons. The van der Waals surface area contributed by atoms with E-state index in [0.717, 1.165) is 45.6 Å². The van der Waals surface area contributed by atoms with E-state index < -0.39 is 0 Å². The second-order valence-corrected chi connectivity index (χ2v) is 13.2. The summed E-state index contributed by atoms with van der Waals surface area (Å²) < 4.78 is 2.39. The molecule has 0 aromatic heterocycles. The first-order valence-corrected chi connectivity index (χ1v) is 15.5. The third kappa shape index (κ3) is 4.61. The monoisotopic (exact) mass is 547 g/mol. The SMILES string of the molecule is CCN1CCN(C2=C(/C=C/C3=[N+](C)c4ccccc4C3(C)C)CC/C2=C\C=C2\N(C)c3ccccc3C2(C)C)CC1. The summed E-state index contributed by atoms with van der Waals surface area (Å²) in [6.07, 6.45) is 11.9. The van der Waals surface area contributed by atoms with Gasteiger partial charge >= 0.3 is 0 Å². The Hall–Kier alpha value is -3.37. The van der Waals surface area contributed by atoms with Gasteiger partial charge in [0.25, 0.3) is 0 Å². The van der Waals surface area contributed by atoms with Crippen molar-refractivity contribution in [2.45, 2.75) is 58.3 Å². The van der Waals surface area contributed by atoms with Crippen molar-refractivity contribution >= 4 is 17.1 Å². The van der Waals surface area contributed by atoms with Gasteiger partial charge in [0.1, 0.15) is 7.05 Å². The molecule has 0 saturated carbocycles. The molecule has 2 aromatic carbocycles. The van der Waals surface area contributed by atoms with E-state index in [-0.39, 0.29) is 10.8 Å². The fourth-order valence-corrected chi connectivity index (χ4v) is 7.69. The lowest BCUT2D eigenvalue weighted by atomic mass is 9.81. The zero-order valence-electron chi connectivity index (χ0n) is 26.2. The Morgan fingerprint density at radius 3 is 2.17 bits per heavy atom. The van der Waals surface area contributed by atoms with Gasteiger partial charge in [-0.05, 0) is 62.1 Å².